The van der Waals surface area contributed by atoms with Gasteiger partial charge in [-0.15, -0.1) is 0 Å². The number of nitrogens with zero attached hydrogens (tertiary/aromatic N) is 1. The highest BCUT2D eigenvalue weighted by Gasteiger charge is 2.25. The minimum Gasteiger partial charge on any atom is -0.477 e. The normalized spacial score (nSPS) is 13.5. The topological polar surface area (TPSA) is 108 Å². The number of carboxylic acids is 1. The number of rotatable bonds is 51. The van der Waals surface area contributed by atoms with E-state index in [1.54, 1.807) is 0 Å². The van der Waals surface area contributed by atoms with Gasteiger partial charge in [0.1, 0.15) is 13.2 Å². The van der Waals surface area contributed by atoms with Crippen LogP contribution in [-0.4, -0.2) is 87.4 Å². The maximum atomic E-state index is 12.8. The summed E-state index contributed by atoms with van der Waals surface area (Å²) in [5.74, 6) is -2.09. The summed E-state index contributed by atoms with van der Waals surface area (Å²) >= 11 is 0. The van der Waals surface area contributed by atoms with Crippen LogP contribution in [0.25, 0.3) is 0 Å². The second-order valence-corrected chi connectivity index (χ2v) is 19.9. The van der Waals surface area contributed by atoms with E-state index in [4.69, 9.17) is 18.9 Å². The van der Waals surface area contributed by atoms with Crippen LogP contribution in [0.1, 0.15) is 219 Å². The maximum Gasteiger partial charge on any atom is 0.361 e. The van der Waals surface area contributed by atoms with E-state index in [2.05, 4.69) is 111 Å². The van der Waals surface area contributed by atoms with Crippen LogP contribution < -0.4 is 0 Å². The molecule has 0 saturated carbocycles. The molecule has 0 amide bonds. The Hall–Kier alpha value is -3.79. The number of carboxylic acid groups (broad SMARTS) is 1. The van der Waals surface area contributed by atoms with E-state index in [1.807, 2.05) is 21.1 Å². The number of aliphatic carboxylic acids is 1. The van der Waals surface area contributed by atoms with Crippen molar-refractivity contribution >= 4 is 17.9 Å². The van der Waals surface area contributed by atoms with Crippen molar-refractivity contribution in [2.24, 2.45) is 0 Å². The van der Waals surface area contributed by atoms with E-state index in [1.165, 1.54) is 116 Å². The first-order chi connectivity index (χ1) is 34.6. The summed E-state index contributed by atoms with van der Waals surface area (Å²) in [6.45, 7) is 4.68. The molecule has 0 aliphatic rings. The Balaban J connectivity index is 4.26. The van der Waals surface area contributed by atoms with Crippen LogP contribution in [0, 0.1) is 0 Å². The minimum atomic E-state index is -1.53. The highest BCUT2D eigenvalue weighted by atomic mass is 16.7. The molecule has 0 heterocycles. The third kappa shape index (κ3) is 53.8. The van der Waals surface area contributed by atoms with Gasteiger partial charge in [0.05, 0.1) is 34.4 Å². The van der Waals surface area contributed by atoms with Gasteiger partial charge in [-0.2, -0.15) is 0 Å². The molecule has 9 heteroatoms. The van der Waals surface area contributed by atoms with E-state index in [9.17, 15) is 19.5 Å². The van der Waals surface area contributed by atoms with Gasteiger partial charge in [0.15, 0.2) is 6.10 Å². The molecule has 0 aromatic carbocycles. The van der Waals surface area contributed by atoms with Crippen molar-refractivity contribution in [2.45, 2.75) is 232 Å². The summed E-state index contributed by atoms with van der Waals surface area (Å²) in [4.78, 5) is 37.3. The fraction of sp³-hybridized carbons (Fsp3) is 0.694. The number of unbranched alkanes of at least 4 members (excludes halogenated alkanes) is 20. The Labute approximate surface area is 435 Å². The van der Waals surface area contributed by atoms with E-state index >= 15 is 0 Å². The van der Waals surface area contributed by atoms with E-state index in [-0.39, 0.29) is 38.6 Å². The number of carbonyl (C=O) groups excluding carboxylic acids is 2. The van der Waals surface area contributed by atoms with E-state index in [0.717, 1.165) is 70.6 Å². The Morgan fingerprint density at radius 2 is 0.817 bits per heavy atom. The number of esters is 2. The average molecular weight is 994 g/mol. The smallest absolute Gasteiger partial charge is 0.361 e. The van der Waals surface area contributed by atoms with Gasteiger partial charge in [0.2, 0.25) is 0 Å². The predicted molar refractivity (Wildman–Crippen MR) is 299 cm³/mol. The molecular weight excluding hydrogens is 887 g/mol. The van der Waals surface area contributed by atoms with Crippen molar-refractivity contribution in [3.63, 3.8) is 0 Å². The molecule has 0 bridgehead atoms. The molecule has 0 aliphatic carbocycles. The van der Waals surface area contributed by atoms with Crippen molar-refractivity contribution in [1.82, 2.24) is 0 Å². The monoisotopic (exact) mass is 993 g/mol. The highest BCUT2D eigenvalue weighted by molar-refractivity contribution is 5.71. The molecule has 0 rings (SSSR count). The molecule has 2 unspecified atom stereocenters. The largest absolute Gasteiger partial charge is 0.477 e. The fourth-order valence-electron chi connectivity index (χ4n) is 7.47. The van der Waals surface area contributed by atoms with Gasteiger partial charge in [0, 0.05) is 12.8 Å². The number of hydrogen-bond donors (Lipinski definition) is 1. The lowest BCUT2D eigenvalue weighted by Gasteiger charge is -2.25. The third-order valence-corrected chi connectivity index (χ3v) is 11.8. The second kappa shape index (κ2) is 52.5. The number of carbonyl (C=O) groups is 3. The molecular formula is C62H106NO8+. The number of quaternary nitrogens is 1. The quantitative estimate of drug-likeness (QED) is 0.0211. The van der Waals surface area contributed by atoms with Gasteiger partial charge in [0.25, 0.3) is 6.29 Å². The van der Waals surface area contributed by atoms with Gasteiger partial charge in [-0.05, 0) is 89.9 Å². The van der Waals surface area contributed by atoms with Crippen molar-refractivity contribution in [3.8, 4) is 0 Å². The number of allylic oxidation sites excluding steroid dienone is 16. The number of likely N-dealkylation sites (N-methyl/N-ethyl adjacent to an activating group) is 1. The van der Waals surface area contributed by atoms with Gasteiger partial charge >= 0.3 is 17.9 Å². The summed E-state index contributed by atoms with van der Waals surface area (Å²) in [5, 5.41) is 9.68. The van der Waals surface area contributed by atoms with Crippen LogP contribution in [0.3, 0.4) is 0 Å². The van der Waals surface area contributed by atoms with Gasteiger partial charge < -0.3 is 28.5 Å². The maximum absolute atomic E-state index is 12.8. The predicted octanol–water partition coefficient (Wildman–Crippen LogP) is 16.6. The zero-order chi connectivity index (χ0) is 52.0. The van der Waals surface area contributed by atoms with Gasteiger partial charge in [-0.25, -0.2) is 4.79 Å². The number of hydrogen-bond acceptors (Lipinski definition) is 7. The zero-order valence-corrected chi connectivity index (χ0v) is 46.1. The summed E-state index contributed by atoms with van der Waals surface area (Å²) < 4.78 is 22.8. The molecule has 0 aromatic rings. The average Bonchev–Trinajstić information content (AvgIpc) is 3.34. The van der Waals surface area contributed by atoms with Crippen molar-refractivity contribution in [3.05, 3.63) is 97.2 Å². The molecule has 0 saturated heterocycles. The highest BCUT2D eigenvalue weighted by Crippen LogP contribution is 2.15. The first-order valence-electron chi connectivity index (χ1n) is 28.4. The molecule has 0 fully saturated rings. The summed E-state index contributed by atoms with van der Waals surface area (Å²) in [6.07, 6.45) is 67.9. The van der Waals surface area contributed by atoms with Crippen LogP contribution in [0.15, 0.2) is 97.2 Å². The first-order valence-corrected chi connectivity index (χ1v) is 28.4. The summed E-state index contributed by atoms with van der Waals surface area (Å²) in [5.41, 5.74) is 0. The van der Waals surface area contributed by atoms with Crippen LogP contribution in [-0.2, 0) is 33.3 Å². The van der Waals surface area contributed by atoms with Crippen molar-refractivity contribution in [1.29, 1.82) is 0 Å². The molecule has 2 atom stereocenters. The second-order valence-electron chi connectivity index (χ2n) is 19.9. The lowest BCUT2D eigenvalue weighted by Crippen LogP contribution is -2.40. The third-order valence-electron chi connectivity index (χ3n) is 11.8. The van der Waals surface area contributed by atoms with Crippen LogP contribution in [0.5, 0.6) is 0 Å². The lowest BCUT2D eigenvalue weighted by molar-refractivity contribution is -0.870. The van der Waals surface area contributed by atoms with Gasteiger partial charge in [-0.1, -0.05) is 214 Å². The first kappa shape index (κ1) is 67.2. The van der Waals surface area contributed by atoms with Crippen LogP contribution in [0.2, 0.25) is 0 Å². The molecule has 1 N–H and O–H groups in total. The summed E-state index contributed by atoms with van der Waals surface area (Å²) in [7, 11) is 5.94. The molecule has 9 nitrogen and oxygen atoms in total. The minimum absolute atomic E-state index is 0.172. The molecule has 0 aromatic heterocycles. The SMILES string of the molecule is CC/C=C\C/C=C\C/C=C\C/C=C\C/C=C\CCCC(=O)OC(COC(=O)CCCCCCCCCCCCCCCC/C=C\C/C=C\C/C=C\CCCCCCC)COC(OCC[N+](C)(C)C)C(=O)O. The van der Waals surface area contributed by atoms with Gasteiger partial charge in [-0.3, -0.25) is 9.59 Å². The Morgan fingerprint density at radius 3 is 1.24 bits per heavy atom. The van der Waals surface area contributed by atoms with E-state index in [0.29, 0.717) is 17.4 Å². The van der Waals surface area contributed by atoms with E-state index < -0.39 is 24.3 Å². The number of ether oxygens (including phenoxy) is 4. The summed E-state index contributed by atoms with van der Waals surface area (Å²) in [6, 6.07) is 0. The van der Waals surface area contributed by atoms with Crippen molar-refractivity contribution < 1.29 is 42.9 Å². The molecule has 406 valence electrons. The Bertz CT molecular complexity index is 1480. The Kier molecular flexibility index (Phi) is 49.7. The fourth-order valence-corrected chi connectivity index (χ4v) is 7.47. The zero-order valence-electron chi connectivity index (χ0n) is 46.1. The molecule has 71 heavy (non-hydrogen) atoms. The molecule has 0 aliphatic heterocycles. The molecule has 0 radical (unpaired) electrons. The standard InChI is InChI=1S/C62H105NO8/c1-6-8-10-12-14-16-18-20-22-24-25-26-27-28-29-30-31-32-33-34-35-37-38-40-42-44-46-48-50-52-59(64)69-56-58(57-70-62(61(66)67)68-55-54-63(3,4)5)71-60(65)53-51-49-47-45-43-41-39-36-23-21-19-17-15-13-11-9-7-2/h9,11,15,17-18,20-21,23-25,27-28,39,41,45,47,58,62H,6-8,10,12-14,16,19,22,26,29-38,40,42-44,46,48-57H2,1-5H3/p+1/b11-9-,17-15-,20-18-,23-21-,25-24-,28-27-,41-39-,47-45-. The van der Waals surface area contributed by atoms with Crippen LogP contribution in [0.4, 0.5) is 0 Å². The Morgan fingerprint density at radius 1 is 0.437 bits per heavy atom. The van der Waals surface area contributed by atoms with Crippen molar-refractivity contribution in [2.75, 3.05) is 47.5 Å². The molecule has 0 spiro atoms. The van der Waals surface area contributed by atoms with Crippen LogP contribution >= 0.6 is 0 Å². The lowest BCUT2D eigenvalue weighted by atomic mass is 10.0.